The second kappa shape index (κ2) is 9.44. The Labute approximate surface area is 170 Å². The summed E-state index contributed by atoms with van der Waals surface area (Å²) < 4.78 is 25.5. The van der Waals surface area contributed by atoms with E-state index in [2.05, 4.69) is 5.32 Å². The summed E-state index contributed by atoms with van der Waals surface area (Å²) in [7, 11) is -3.51. The quantitative estimate of drug-likeness (QED) is 0.676. The molecule has 0 saturated heterocycles. The first-order valence-corrected chi connectivity index (χ1v) is 11.1. The van der Waals surface area contributed by atoms with Crippen LogP contribution in [0.4, 0.5) is 5.69 Å². The highest BCUT2D eigenvalue weighted by Crippen LogP contribution is 2.28. The zero-order chi connectivity index (χ0) is 20.0. The number of anilines is 1. The fraction of sp³-hybridized carbons (Fsp3) is 0.316. The fourth-order valence-corrected chi connectivity index (χ4v) is 3.90. The average molecular weight is 429 g/mol. The number of benzene rings is 2. The molecular formula is C19H22Cl2N2O3S. The van der Waals surface area contributed by atoms with Crippen LogP contribution in [0.3, 0.4) is 0 Å². The third-order valence-corrected chi connectivity index (χ3v) is 5.97. The van der Waals surface area contributed by atoms with Crippen LogP contribution in [0.15, 0.2) is 48.5 Å². The zero-order valence-electron chi connectivity index (χ0n) is 15.2. The molecule has 2 rings (SSSR count). The second-order valence-electron chi connectivity index (χ2n) is 6.24. The number of rotatable bonds is 8. The zero-order valence-corrected chi connectivity index (χ0v) is 17.5. The van der Waals surface area contributed by atoms with Gasteiger partial charge in [-0.25, -0.2) is 8.42 Å². The molecule has 0 aromatic heterocycles. The van der Waals surface area contributed by atoms with Crippen LogP contribution >= 0.6 is 23.2 Å². The normalized spacial score (nSPS) is 12.4. The van der Waals surface area contributed by atoms with E-state index in [-0.39, 0.29) is 29.9 Å². The Morgan fingerprint density at radius 1 is 1.11 bits per heavy atom. The van der Waals surface area contributed by atoms with E-state index in [4.69, 9.17) is 23.2 Å². The Morgan fingerprint density at radius 2 is 1.78 bits per heavy atom. The molecule has 0 aliphatic carbocycles. The topological polar surface area (TPSA) is 66.5 Å². The molecule has 1 amide bonds. The highest BCUT2D eigenvalue weighted by atomic mass is 35.5. The molecule has 0 radical (unpaired) electrons. The lowest BCUT2D eigenvalue weighted by molar-refractivity contribution is -0.121. The van der Waals surface area contributed by atoms with Crippen LogP contribution in [0.2, 0.25) is 10.0 Å². The lowest BCUT2D eigenvalue weighted by atomic mass is 10.1. The molecule has 0 aliphatic rings. The van der Waals surface area contributed by atoms with Crippen LogP contribution in [0, 0.1) is 0 Å². The summed E-state index contributed by atoms with van der Waals surface area (Å²) >= 11 is 11.9. The van der Waals surface area contributed by atoms with Gasteiger partial charge in [0.15, 0.2) is 0 Å². The first-order chi connectivity index (χ1) is 12.7. The number of carbonyl (C=O) groups is 1. The molecular weight excluding hydrogens is 407 g/mol. The monoisotopic (exact) mass is 428 g/mol. The van der Waals surface area contributed by atoms with E-state index in [1.165, 1.54) is 10.4 Å². The van der Waals surface area contributed by atoms with Crippen molar-refractivity contribution in [1.82, 2.24) is 5.32 Å². The van der Waals surface area contributed by atoms with E-state index < -0.39 is 10.0 Å². The van der Waals surface area contributed by atoms with E-state index in [0.717, 1.165) is 11.8 Å². The Morgan fingerprint density at radius 3 is 2.37 bits per heavy atom. The van der Waals surface area contributed by atoms with Crippen molar-refractivity contribution in [2.24, 2.45) is 0 Å². The molecule has 0 bridgehead atoms. The number of sulfonamides is 1. The van der Waals surface area contributed by atoms with E-state index >= 15 is 0 Å². The van der Waals surface area contributed by atoms with Crippen molar-refractivity contribution in [1.29, 1.82) is 0 Å². The Balaban J connectivity index is 1.95. The SMILES string of the molecule is C[C@H](NC(=O)CCCN(c1ccc(Cl)c(Cl)c1)S(C)(=O)=O)c1ccccc1. The second-order valence-corrected chi connectivity index (χ2v) is 8.96. The molecule has 0 unspecified atom stereocenters. The predicted octanol–water partition coefficient (Wildman–Crippen LogP) is 4.42. The molecule has 0 spiro atoms. The summed E-state index contributed by atoms with van der Waals surface area (Å²) in [5.41, 5.74) is 1.43. The maximum Gasteiger partial charge on any atom is 0.232 e. The molecule has 0 aliphatic heterocycles. The van der Waals surface area contributed by atoms with Gasteiger partial charge in [0.1, 0.15) is 0 Å². The van der Waals surface area contributed by atoms with E-state index in [9.17, 15) is 13.2 Å². The summed E-state index contributed by atoms with van der Waals surface area (Å²) in [5.74, 6) is -0.131. The summed E-state index contributed by atoms with van der Waals surface area (Å²) in [6.45, 7) is 2.08. The number of hydrogen-bond acceptors (Lipinski definition) is 3. The Hall–Kier alpha value is -1.76. The Bertz CT molecular complexity index is 889. The van der Waals surface area contributed by atoms with Gasteiger partial charge in [-0.1, -0.05) is 53.5 Å². The van der Waals surface area contributed by atoms with Crippen molar-refractivity contribution >= 4 is 44.8 Å². The average Bonchev–Trinajstić information content (AvgIpc) is 2.61. The summed E-state index contributed by atoms with van der Waals surface area (Å²) in [6, 6.07) is 14.2. The Kier molecular flexibility index (Phi) is 7.53. The standard InChI is InChI=1S/C19H22Cl2N2O3S/c1-14(15-7-4-3-5-8-15)22-19(24)9-6-12-23(27(2,25)26)16-10-11-17(20)18(21)13-16/h3-5,7-8,10-11,13-14H,6,9,12H2,1-2H3,(H,22,24)/t14-/m0/s1. The lowest BCUT2D eigenvalue weighted by Crippen LogP contribution is -2.32. The first-order valence-electron chi connectivity index (χ1n) is 8.45. The van der Waals surface area contributed by atoms with Gasteiger partial charge in [0.2, 0.25) is 15.9 Å². The highest BCUT2D eigenvalue weighted by molar-refractivity contribution is 7.92. The minimum absolute atomic E-state index is 0.111. The molecule has 8 heteroatoms. The van der Waals surface area contributed by atoms with Gasteiger partial charge in [-0.2, -0.15) is 0 Å². The lowest BCUT2D eigenvalue weighted by Gasteiger charge is -2.23. The van der Waals surface area contributed by atoms with Crippen molar-refractivity contribution in [2.75, 3.05) is 17.1 Å². The molecule has 5 nitrogen and oxygen atoms in total. The van der Waals surface area contributed by atoms with Gasteiger partial charge in [0.05, 0.1) is 28.0 Å². The van der Waals surface area contributed by atoms with Gasteiger partial charge in [0, 0.05) is 13.0 Å². The number of carbonyl (C=O) groups excluding carboxylic acids is 1. The number of nitrogens with one attached hydrogen (secondary N) is 1. The minimum Gasteiger partial charge on any atom is -0.350 e. The number of halogens is 2. The van der Waals surface area contributed by atoms with E-state index in [0.29, 0.717) is 17.1 Å². The number of amides is 1. The highest BCUT2D eigenvalue weighted by Gasteiger charge is 2.19. The van der Waals surface area contributed by atoms with Crippen molar-refractivity contribution in [2.45, 2.75) is 25.8 Å². The van der Waals surface area contributed by atoms with Gasteiger partial charge in [0.25, 0.3) is 0 Å². The van der Waals surface area contributed by atoms with Crippen LogP contribution in [0.25, 0.3) is 0 Å². The van der Waals surface area contributed by atoms with E-state index in [1.807, 2.05) is 37.3 Å². The third-order valence-electron chi connectivity index (χ3n) is 4.03. The molecule has 2 aromatic rings. The van der Waals surface area contributed by atoms with Crippen LogP contribution in [0.1, 0.15) is 31.4 Å². The molecule has 0 fully saturated rings. The van der Waals surface area contributed by atoms with Crippen molar-refractivity contribution in [3.63, 3.8) is 0 Å². The van der Waals surface area contributed by atoms with Crippen LogP contribution in [-0.4, -0.2) is 27.1 Å². The van der Waals surface area contributed by atoms with Gasteiger partial charge < -0.3 is 5.32 Å². The number of nitrogens with zero attached hydrogens (tertiary/aromatic N) is 1. The van der Waals surface area contributed by atoms with Gasteiger partial charge in [-0.3, -0.25) is 9.10 Å². The van der Waals surface area contributed by atoms with Gasteiger partial charge >= 0.3 is 0 Å². The largest absolute Gasteiger partial charge is 0.350 e. The summed E-state index contributed by atoms with van der Waals surface area (Å²) in [4.78, 5) is 12.2. The smallest absolute Gasteiger partial charge is 0.232 e. The van der Waals surface area contributed by atoms with Crippen molar-refractivity contribution in [3.8, 4) is 0 Å². The van der Waals surface area contributed by atoms with Gasteiger partial charge in [-0.05, 0) is 37.1 Å². The minimum atomic E-state index is -3.51. The predicted molar refractivity (Wildman–Crippen MR) is 111 cm³/mol. The summed E-state index contributed by atoms with van der Waals surface area (Å²) in [6.07, 6.45) is 1.71. The molecule has 1 N–H and O–H groups in total. The molecule has 0 heterocycles. The molecule has 27 heavy (non-hydrogen) atoms. The third kappa shape index (κ3) is 6.41. The van der Waals surface area contributed by atoms with Crippen molar-refractivity contribution < 1.29 is 13.2 Å². The maximum atomic E-state index is 12.2. The fourth-order valence-electron chi connectivity index (χ4n) is 2.65. The van der Waals surface area contributed by atoms with Crippen LogP contribution < -0.4 is 9.62 Å². The molecule has 0 saturated carbocycles. The maximum absolute atomic E-state index is 12.2. The molecule has 1 atom stereocenters. The molecule has 146 valence electrons. The van der Waals surface area contributed by atoms with E-state index in [1.54, 1.807) is 12.1 Å². The first kappa shape index (κ1) is 21.5. The van der Waals surface area contributed by atoms with Crippen LogP contribution in [0.5, 0.6) is 0 Å². The molecule has 2 aromatic carbocycles. The summed E-state index contributed by atoms with van der Waals surface area (Å²) in [5, 5.41) is 3.54. The number of hydrogen-bond donors (Lipinski definition) is 1. The van der Waals surface area contributed by atoms with Crippen molar-refractivity contribution in [3.05, 3.63) is 64.1 Å². The van der Waals surface area contributed by atoms with Crippen LogP contribution in [-0.2, 0) is 14.8 Å². The van der Waals surface area contributed by atoms with Gasteiger partial charge in [-0.15, -0.1) is 0 Å².